The summed E-state index contributed by atoms with van der Waals surface area (Å²) in [6.45, 7) is 10.2. The molecule has 0 aliphatic rings. The maximum atomic E-state index is 12.8. The maximum absolute atomic E-state index is 12.8. The molecule has 6 nitrogen and oxygen atoms in total. The van der Waals surface area contributed by atoms with Crippen LogP contribution in [0.4, 0.5) is 10.5 Å². The topological polar surface area (TPSA) is 71.5 Å². The maximum Gasteiger partial charge on any atom is 0.357 e. The molecule has 1 aromatic carbocycles. The Kier molecular flexibility index (Phi) is 6.74. The molecule has 0 atom stereocenters. The first-order valence-electron chi connectivity index (χ1n) is 8.58. The second-order valence-corrected chi connectivity index (χ2v) is 7.21. The number of thiazole rings is 1. The van der Waals surface area contributed by atoms with Crippen molar-refractivity contribution in [1.29, 1.82) is 0 Å². The first-order valence-corrected chi connectivity index (χ1v) is 9.46. The van der Waals surface area contributed by atoms with E-state index >= 15 is 0 Å². The van der Waals surface area contributed by atoms with Crippen LogP contribution >= 0.6 is 11.3 Å². The van der Waals surface area contributed by atoms with Gasteiger partial charge in [-0.25, -0.2) is 14.6 Å². The number of rotatable bonds is 6. The summed E-state index contributed by atoms with van der Waals surface area (Å²) in [4.78, 5) is 30.6. The number of para-hydroxylation sites is 1. The minimum Gasteiger partial charge on any atom is -0.461 e. The fourth-order valence-corrected chi connectivity index (χ4v) is 3.27. The van der Waals surface area contributed by atoms with Crippen molar-refractivity contribution in [3.05, 3.63) is 45.4 Å². The quantitative estimate of drug-likeness (QED) is 0.761. The van der Waals surface area contributed by atoms with E-state index < -0.39 is 5.97 Å². The second-order valence-electron chi connectivity index (χ2n) is 6.27. The molecular formula is C19H25N3O3S. The number of ether oxygens (including phenoxy) is 1. The molecule has 1 heterocycles. The Hall–Kier alpha value is -2.41. The molecule has 0 saturated heterocycles. The molecule has 1 aromatic heterocycles. The minimum atomic E-state index is -0.439. The highest BCUT2D eigenvalue weighted by Crippen LogP contribution is 2.21. The monoisotopic (exact) mass is 375 g/mol. The van der Waals surface area contributed by atoms with Crippen molar-refractivity contribution in [2.75, 3.05) is 11.9 Å². The lowest BCUT2D eigenvalue weighted by Crippen LogP contribution is -2.39. The van der Waals surface area contributed by atoms with Crippen molar-refractivity contribution >= 4 is 29.0 Å². The molecule has 0 aliphatic carbocycles. The van der Waals surface area contributed by atoms with Crippen LogP contribution in [0.3, 0.4) is 0 Å². The fraction of sp³-hybridized carbons (Fsp3) is 0.421. The van der Waals surface area contributed by atoms with Crippen LogP contribution in [0.2, 0.25) is 0 Å². The fourth-order valence-electron chi connectivity index (χ4n) is 2.51. The molecule has 2 aromatic rings. The third kappa shape index (κ3) is 4.82. The Morgan fingerprint density at radius 1 is 1.27 bits per heavy atom. The van der Waals surface area contributed by atoms with Crippen molar-refractivity contribution in [2.24, 2.45) is 0 Å². The van der Waals surface area contributed by atoms with Crippen LogP contribution in [0, 0.1) is 13.8 Å². The van der Waals surface area contributed by atoms with Crippen LogP contribution in [0.5, 0.6) is 0 Å². The predicted molar refractivity (Wildman–Crippen MR) is 104 cm³/mol. The van der Waals surface area contributed by atoms with Crippen molar-refractivity contribution in [1.82, 2.24) is 9.88 Å². The highest BCUT2D eigenvalue weighted by molar-refractivity contribution is 7.09. The van der Waals surface area contributed by atoms with E-state index in [9.17, 15) is 9.59 Å². The van der Waals surface area contributed by atoms with E-state index in [1.54, 1.807) is 17.2 Å². The smallest absolute Gasteiger partial charge is 0.357 e. The summed E-state index contributed by atoms with van der Waals surface area (Å²) in [5.41, 5.74) is 3.14. The van der Waals surface area contributed by atoms with Gasteiger partial charge in [-0.3, -0.25) is 0 Å². The van der Waals surface area contributed by atoms with E-state index in [2.05, 4.69) is 10.3 Å². The standard InChI is InChI=1S/C19H25N3O3S/c1-6-25-18(23)15-11-26-16(20-15)10-22(12(2)3)19(24)21-17-13(4)8-7-9-14(17)5/h7-9,11-12H,6,10H2,1-5H3,(H,21,24). The number of nitrogens with zero attached hydrogens (tertiary/aromatic N) is 2. The average molecular weight is 375 g/mol. The molecule has 1 N–H and O–H groups in total. The summed E-state index contributed by atoms with van der Waals surface area (Å²) in [6.07, 6.45) is 0. The molecule has 2 amide bonds. The zero-order valence-corrected chi connectivity index (χ0v) is 16.6. The van der Waals surface area contributed by atoms with Crippen LogP contribution in [-0.4, -0.2) is 34.5 Å². The third-order valence-corrected chi connectivity index (χ3v) is 4.77. The lowest BCUT2D eigenvalue weighted by atomic mass is 10.1. The van der Waals surface area contributed by atoms with Crippen molar-refractivity contribution in [3.8, 4) is 0 Å². The first-order chi connectivity index (χ1) is 12.3. The van der Waals surface area contributed by atoms with E-state index in [-0.39, 0.29) is 17.8 Å². The van der Waals surface area contributed by atoms with Gasteiger partial charge in [0.05, 0.1) is 13.2 Å². The molecule has 0 saturated carbocycles. The Labute approximate surface area is 158 Å². The number of hydrogen-bond acceptors (Lipinski definition) is 5. The zero-order valence-electron chi connectivity index (χ0n) is 15.8. The number of amides is 2. The highest BCUT2D eigenvalue weighted by Gasteiger charge is 2.21. The van der Waals surface area contributed by atoms with Gasteiger partial charge in [-0.1, -0.05) is 18.2 Å². The van der Waals surface area contributed by atoms with Crippen molar-refractivity contribution in [2.45, 2.75) is 47.2 Å². The Morgan fingerprint density at radius 2 is 1.92 bits per heavy atom. The number of aryl methyl sites for hydroxylation is 2. The molecule has 0 radical (unpaired) electrons. The molecule has 0 spiro atoms. The first kappa shape index (κ1) is 19.9. The number of carbonyl (C=O) groups excluding carboxylic acids is 2. The van der Waals surface area contributed by atoms with Crippen LogP contribution < -0.4 is 5.32 Å². The Morgan fingerprint density at radius 3 is 2.50 bits per heavy atom. The Balaban J connectivity index is 2.14. The molecule has 0 fully saturated rings. The van der Waals surface area contributed by atoms with Gasteiger partial charge >= 0.3 is 12.0 Å². The van der Waals surface area contributed by atoms with Crippen molar-refractivity contribution in [3.63, 3.8) is 0 Å². The van der Waals surface area contributed by atoms with Gasteiger partial charge in [0.15, 0.2) is 5.69 Å². The summed E-state index contributed by atoms with van der Waals surface area (Å²) < 4.78 is 4.96. The molecule has 7 heteroatoms. The van der Waals surface area contributed by atoms with Gasteiger partial charge in [-0.15, -0.1) is 11.3 Å². The summed E-state index contributed by atoms with van der Waals surface area (Å²) in [5, 5.41) is 5.36. The SMILES string of the molecule is CCOC(=O)c1csc(CN(C(=O)Nc2c(C)cccc2C)C(C)C)n1. The summed E-state index contributed by atoms with van der Waals surface area (Å²) in [6, 6.07) is 5.69. The molecule has 26 heavy (non-hydrogen) atoms. The number of anilines is 1. The van der Waals surface area contributed by atoms with Gasteiger partial charge in [0.2, 0.25) is 0 Å². The molecule has 140 valence electrons. The van der Waals surface area contributed by atoms with Gasteiger partial charge in [-0.2, -0.15) is 0 Å². The van der Waals surface area contributed by atoms with E-state index in [1.165, 1.54) is 11.3 Å². The number of esters is 1. The van der Waals surface area contributed by atoms with E-state index in [4.69, 9.17) is 4.74 Å². The second kappa shape index (κ2) is 8.80. The van der Waals surface area contributed by atoms with Gasteiger partial charge < -0.3 is 15.0 Å². The number of benzene rings is 1. The van der Waals surface area contributed by atoms with E-state index in [0.29, 0.717) is 18.2 Å². The molecule has 0 bridgehead atoms. The van der Waals surface area contributed by atoms with Crippen molar-refractivity contribution < 1.29 is 14.3 Å². The predicted octanol–water partition coefficient (Wildman–Crippen LogP) is 4.38. The van der Waals surface area contributed by atoms with Gasteiger partial charge in [0, 0.05) is 17.1 Å². The van der Waals surface area contributed by atoms with Crippen LogP contribution in [0.25, 0.3) is 0 Å². The van der Waals surface area contributed by atoms with Gasteiger partial charge in [0.25, 0.3) is 0 Å². The van der Waals surface area contributed by atoms with Crippen LogP contribution in [0.1, 0.15) is 47.4 Å². The number of aromatic nitrogens is 1. The number of urea groups is 1. The Bertz CT molecular complexity index is 766. The minimum absolute atomic E-state index is 0.0192. The van der Waals surface area contributed by atoms with E-state index in [0.717, 1.165) is 16.8 Å². The molecule has 2 rings (SSSR count). The zero-order chi connectivity index (χ0) is 19.3. The highest BCUT2D eigenvalue weighted by atomic mass is 32.1. The van der Waals surface area contributed by atoms with Crippen LogP contribution in [0.15, 0.2) is 23.6 Å². The molecule has 0 unspecified atom stereocenters. The van der Waals surface area contributed by atoms with Crippen LogP contribution in [-0.2, 0) is 11.3 Å². The lowest BCUT2D eigenvalue weighted by Gasteiger charge is -2.27. The summed E-state index contributed by atoms with van der Waals surface area (Å²) in [5.74, 6) is -0.439. The molecular weight excluding hydrogens is 350 g/mol. The lowest BCUT2D eigenvalue weighted by molar-refractivity contribution is 0.0520. The number of hydrogen-bond donors (Lipinski definition) is 1. The molecule has 0 aliphatic heterocycles. The number of carbonyl (C=O) groups is 2. The summed E-state index contributed by atoms with van der Waals surface area (Å²) >= 11 is 1.35. The van der Waals surface area contributed by atoms with Gasteiger partial charge in [-0.05, 0) is 45.7 Å². The number of nitrogens with one attached hydrogen (secondary N) is 1. The largest absolute Gasteiger partial charge is 0.461 e. The average Bonchev–Trinajstić information content (AvgIpc) is 3.05. The van der Waals surface area contributed by atoms with Gasteiger partial charge in [0.1, 0.15) is 5.01 Å². The normalized spacial score (nSPS) is 10.7. The van der Waals surface area contributed by atoms with E-state index in [1.807, 2.05) is 45.9 Å². The third-order valence-electron chi connectivity index (χ3n) is 3.94. The summed E-state index contributed by atoms with van der Waals surface area (Å²) in [7, 11) is 0.